The number of halogens is 2. The Balaban J connectivity index is 1.75. The number of rotatable bonds is 5. The van der Waals surface area contributed by atoms with Gasteiger partial charge in [0, 0.05) is 8.95 Å². The SMILES string of the molecule is O=C(CSCC1CNC1)Nc1ccc(Br)cc1Br. The van der Waals surface area contributed by atoms with Crippen LogP contribution in [0.3, 0.4) is 0 Å². The van der Waals surface area contributed by atoms with Gasteiger partial charge in [-0.05, 0) is 58.9 Å². The Morgan fingerprint density at radius 3 is 2.83 bits per heavy atom. The minimum Gasteiger partial charge on any atom is -0.324 e. The van der Waals surface area contributed by atoms with E-state index in [1.54, 1.807) is 11.8 Å². The molecule has 1 aromatic rings. The molecule has 18 heavy (non-hydrogen) atoms. The first kappa shape index (κ1) is 14.4. The van der Waals surface area contributed by atoms with Crippen LogP contribution in [-0.4, -0.2) is 30.5 Å². The monoisotopic (exact) mass is 392 g/mol. The molecule has 0 bridgehead atoms. The molecule has 2 rings (SSSR count). The minimum atomic E-state index is 0.0512. The van der Waals surface area contributed by atoms with Crippen molar-refractivity contribution in [2.75, 3.05) is 29.9 Å². The molecule has 6 heteroatoms. The van der Waals surface area contributed by atoms with E-state index in [1.165, 1.54) is 0 Å². The lowest BCUT2D eigenvalue weighted by atomic mass is 10.1. The summed E-state index contributed by atoms with van der Waals surface area (Å²) < 4.78 is 1.87. The number of benzene rings is 1. The fourth-order valence-electron chi connectivity index (χ4n) is 1.56. The van der Waals surface area contributed by atoms with Crippen molar-refractivity contribution in [3.05, 3.63) is 27.1 Å². The number of amides is 1. The topological polar surface area (TPSA) is 41.1 Å². The second-order valence-corrected chi connectivity index (χ2v) is 7.01. The number of carbonyl (C=O) groups is 1. The highest BCUT2D eigenvalue weighted by Crippen LogP contribution is 2.26. The lowest BCUT2D eigenvalue weighted by molar-refractivity contribution is -0.113. The highest BCUT2D eigenvalue weighted by molar-refractivity contribution is 9.11. The maximum atomic E-state index is 11.8. The third kappa shape index (κ3) is 4.26. The van der Waals surface area contributed by atoms with Gasteiger partial charge in [-0.2, -0.15) is 11.8 Å². The molecular formula is C12H14Br2N2OS. The second kappa shape index (κ2) is 6.93. The lowest BCUT2D eigenvalue weighted by Gasteiger charge is -2.26. The van der Waals surface area contributed by atoms with E-state index in [0.717, 1.165) is 39.4 Å². The molecule has 0 spiro atoms. The molecule has 0 saturated carbocycles. The van der Waals surface area contributed by atoms with Crippen LogP contribution < -0.4 is 10.6 Å². The van der Waals surface area contributed by atoms with Crippen molar-refractivity contribution in [1.29, 1.82) is 0 Å². The Hall–Kier alpha value is -0.0400. The third-order valence-corrected chi connectivity index (χ3v) is 4.98. The molecular weight excluding hydrogens is 380 g/mol. The van der Waals surface area contributed by atoms with E-state index in [2.05, 4.69) is 42.5 Å². The van der Waals surface area contributed by atoms with E-state index in [4.69, 9.17) is 0 Å². The molecule has 0 unspecified atom stereocenters. The second-order valence-electron chi connectivity index (χ2n) is 4.21. The van der Waals surface area contributed by atoms with Gasteiger partial charge in [0.15, 0.2) is 0 Å². The lowest BCUT2D eigenvalue weighted by Crippen LogP contribution is -2.43. The molecule has 1 aliphatic heterocycles. The number of nitrogens with one attached hydrogen (secondary N) is 2. The normalized spacial score (nSPS) is 15.2. The quantitative estimate of drug-likeness (QED) is 0.807. The number of anilines is 1. The zero-order valence-corrected chi connectivity index (χ0v) is 13.7. The van der Waals surface area contributed by atoms with Gasteiger partial charge >= 0.3 is 0 Å². The van der Waals surface area contributed by atoms with E-state index in [9.17, 15) is 4.79 Å². The third-order valence-electron chi connectivity index (χ3n) is 2.66. The van der Waals surface area contributed by atoms with Gasteiger partial charge in [-0.15, -0.1) is 0 Å². The zero-order chi connectivity index (χ0) is 13.0. The summed E-state index contributed by atoms with van der Waals surface area (Å²) in [6.45, 7) is 2.18. The maximum Gasteiger partial charge on any atom is 0.234 e. The molecule has 3 nitrogen and oxygen atoms in total. The molecule has 0 radical (unpaired) electrons. The molecule has 1 fully saturated rings. The van der Waals surface area contributed by atoms with Gasteiger partial charge in [0.2, 0.25) is 5.91 Å². The van der Waals surface area contributed by atoms with E-state index in [0.29, 0.717) is 5.75 Å². The van der Waals surface area contributed by atoms with Gasteiger partial charge in [0.1, 0.15) is 0 Å². The van der Waals surface area contributed by atoms with Crippen molar-refractivity contribution < 1.29 is 4.79 Å². The Kier molecular flexibility index (Phi) is 5.54. The summed E-state index contributed by atoms with van der Waals surface area (Å²) in [6.07, 6.45) is 0. The van der Waals surface area contributed by atoms with Crippen molar-refractivity contribution in [2.45, 2.75) is 0 Å². The first-order chi connectivity index (χ1) is 8.65. The van der Waals surface area contributed by atoms with Crippen LogP contribution >= 0.6 is 43.6 Å². The Morgan fingerprint density at radius 2 is 2.22 bits per heavy atom. The molecule has 98 valence electrons. The highest BCUT2D eigenvalue weighted by Gasteiger charge is 2.16. The molecule has 1 amide bonds. The number of hydrogen-bond acceptors (Lipinski definition) is 3. The van der Waals surface area contributed by atoms with E-state index in [-0.39, 0.29) is 5.91 Å². The molecule has 2 N–H and O–H groups in total. The predicted octanol–water partition coefficient (Wildman–Crippen LogP) is 3.10. The summed E-state index contributed by atoms with van der Waals surface area (Å²) in [5.41, 5.74) is 0.814. The van der Waals surface area contributed by atoms with Gasteiger partial charge in [-0.1, -0.05) is 15.9 Å². The van der Waals surface area contributed by atoms with Gasteiger partial charge in [-0.25, -0.2) is 0 Å². The number of thioether (sulfide) groups is 1. The van der Waals surface area contributed by atoms with E-state index in [1.807, 2.05) is 18.2 Å². The summed E-state index contributed by atoms with van der Waals surface area (Å²) >= 11 is 8.51. The standard InChI is InChI=1S/C12H14Br2N2OS/c13-9-1-2-11(10(14)3-9)16-12(17)7-18-6-8-4-15-5-8/h1-3,8,15H,4-7H2,(H,16,17). The average molecular weight is 394 g/mol. The van der Waals surface area contributed by atoms with E-state index < -0.39 is 0 Å². The zero-order valence-electron chi connectivity index (χ0n) is 9.71. The summed E-state index contributed by atoms with van der Waals surface area (Å²) in [5, 5.41) is 6.13. The minimum absolute atomic E-state index is 0.0512. The predicted molar refractivity (Wildman–Crippen MR) is 84.2 cm³/mol. The molecule has 0 aliphatic carbocycles. The smallest absolute Gasteiger partial charge is 0.234 e. The summed E-state index contributed by atoms with van der Waals surface area (Å²) in [7, 11) is 0. The van der Waals surface area contributed by atoms with Crippen LogP contribution in [-0.2, 0) is 4.79 Å². The van der Waals surface area contributed by atoms with Gasteiger partial charge in [0.05, 0.1) is 11.4 Å². The van der Waals surface area contributed by atoms with Crippen LogP contribution in [0.4, 0.5) is 5.69 Å². The first-order valence-corrected chi connectivity index (χ1v) is 8.42. The Labute approximate surface area is 128 Å². The van der Waals surface area contributed by atoms with E-state index >= 15 is 0 Å². The summed E-state index contributed by atoms with van der Waals surface area (Å²) in [4.78, 5) is 11.8. The van der Waals surface area contributed by atoms with Crippen LogP contribution in [0.15, 0.2) is 27.1 Å². The first-order valence-electron chi connectivity index (χ1n) is 5.68. The molecule has 1 heterocycles. The van der Waals surface area contributed by atoms with Crippen molar-refractivity contribution >= 4 is 55.2 Å². The van der Waals surface area contributed by atoms with Gasteiger partial charge in [-0.3, -0.25) is 4.79 Å². The Morgan fingerprint density at radius 1 is 1.44 bits per heavy atom. The summed E-state index contributed by atoms with van der Waals surface area (Å²) in [5.74, 6) is 2.36. The largest absolute Gasteiger partial charge is 0.324 e. The van der Waals surface area contributed by atoms with Crippen molar-refractivity contribution in [2.24, 2.45) is 5.92 Å². The van der Waals surface area contributed by atoms with Crippen LogP contribution in [0.25, 0.3) is 0 Å². The van der Waals surface area contributed by atoms with Crippen molar-refractivity contribution in [3.8, 4) is 0 Å². The highest BCUT2D eigenvalue weighted by atomic mass is 79.9. The van der Waals surface area contributed by atoms with Crippen LogP contribution in [0, 0.1) is 5.92 Å². The van der Waals surface area contributed by atoms with Crippen LogP contribution in [0.1, 0.15) is 0 Å². The summed E-state index contributed by atoms with van der Waals surface area (Å²) in [6, 6.07) is 5.71. The van der Waals surface area contributed by atoms with Crippen molar-refractivity contribution in [3.63, 3.8) is 0 Å². The maximum absolute atomic E-state index is 11.8. The Bertz CT molecular complexity index is 438. The fourth-order valence-corrected chi connectivity index (χ4v) is 3.65. The van der Waals surface area contributed by atoms with Crippen LogP contribution in [0.2, 0.25) is 0 Å². The number of carbonyl (C=O) groups excluding carboxylic acids is 1. The van der Waals surface area contributed by atoms with Crippen molar-refractivity contribution in [1.82, 2.24) is 5.32 Å². The van der Waals surface area contributed by atoms with Gasteiger partial charge < -0.3 is 10.6 Å². The molecule has 1 aliphatic rings. The molecule has 1 aromatic carbocycles. The van der Waals surface area contributed by atoms with Crippen LogP contribution in [0.5, 0.6) is 0 Å². The number of hydrogen-bond donors (Lipinski definition) is 2. The average Bonchev–Trinajstić information content (AvgIpc) is 2.26. The molecule has 0 aromatic heterocycles. The fraction of sp³-hybridized carbons (Fsp3) is 0.417. The van der Waals surface area contributed by atoms with Gasteiger partial charge in [0.25, 0.3) is 0 Å². The molecule has 1 saturated heterocycles. The molecule has 0 atom stereocenters.